The van der Waals surface area contributed by atoms with E-state index in [9.17, 15) is 5.11 Å². The van der Waals surface area contributed by atoms with Crippen molar-refractivity contribution >= 4 is 6.21 Å². The molecule has 0 fully saturated rings. The summed E-state index contributed by atoms with van der Waals surface area (Å²) < 4.78 is 0. The summed E-state index contributed by atoms with van der Waals surface area (Å²) in [4.78, 5) is 4.70. The van der Waals surface area contributed by atoms with E-state index < -0.39 is 0 Å². The summed E-state index contributed by atoms with van der Waals surface area (Å²) in [7, 11) is 0. The number of hydrogen-bond donors (Lipinski definition) is 1. The predicted molar refractivity (Wildman–Crippen MR) is 90.0 cm³/mol. The first-order chi connectivity index (χ1) is 10.3. The van der Waals surface area contributed by atoms with Gasteiger partial charge in [-0.15, -0.1) is 0 Å². The van der Waals surface area contributed by atoms with Crippen molar-refractivity contribution < 1.29 is 5.11 Å². The zero-order chi connectivity index (χ0) is 15.0. The van der Waals surface area contributed by atoms with Gasteiger partial charge in [0, 0.05) is 6.21 Å². The molecule has 1 atom stereocenters. The van der Waals surface area contributed by atoms with Gasteiger partial charge in [0.25, 0.3) is 0 Å². The fourth-order valence-electron chi connectivity index (χ4n) is 2.99. The van der Waals surface area contributed by atoms with Crippen LogP contribution in [0.1, 0.15) is 63.9 Å². The first-order valence-corrected chi connectivity index (χ1v) is 8.29. The first kappa shape index (κ1) is 15.8. The number of aliphatic imine (C=N–C) groups is 1. The number of rotatable bonds is 9. The summed E-state index contributed by atoms with van der Waals surface area (Å²) in [6.45, 7) is 2.26. The Morgan fingerprint density at radius 3 is 2.24 bits per heavy atom. The second-order valence-corrected chi connectivity index (χ2v) is 5.98. The molecule has 1 aromatic carbocycles. The van der Waals surface area contributed by atoms with Crippen molar-refractivity contribution in [2.45, 2.75) is 63.8 Å². The maximum absolute atomic E-state index is 9.44. The van der Waals surface area contributed by atoms with Crippen molar-refractivity contribution in [3.63, 3.8) is 0 Å². The highest BCUT2D eigenvalue weighted by atomic mass is 16.3. The molecule has 0 radical (unpaired) electrons. The minimum Gasteiger partial charge on any atom is -0.508 e. The highest BCUT2D eigenvalue weighted by molar-refractivity contribution is 5.75. The molecule has 0 saturated heterocycles. The van der Waals surface area contributed by atoms with Crippen LogP contribution in [0.3, 0.4) is 0 Å². The Balaban J connectivity index is 1.84. The van der Waals surface area contributed by atoms with Crippen molar-refractivity contribution in [3.8, 4) is 5.75 Å². The minimum atomic E-state index is -0.197. The van der Waals surface area contributed by atoms with E-state index in [0.29, 0.717) is 5.75 Å². The second kappa shape index (κ2) is 8.02. The van der Waals surface area contributed by atoms with Crippen LogP contribution in [0.5, 0.6) is 5.75 Å². The van der Waals surface area contributed by atoms with Gasteiger partial charge in [-0.3, -0.25) is 4.99 Å². The highest BCUT2D eigenvalue weighted by Gasteiger charge is 2.29. The number of nitrogens with zero attached hydrogens (tertiary/aromatic N) is 1. The quantitative estimate of drug-likeness (QED) is 0.608. The smallest absolute Gasteiger partial charge is 0.115 e. The molecule has 2 rings (SSSR count). The van der Waals surface area contributed by atoms with Gasteiger partial charge in [0.05, 0.1) is 0 Å². The third kappa shape index (κ3) is 4.45. The second-order valence-electron chi connectivity index (χ2n) is 5.98. The zero-order valence-corrected chi connectivity index (χ0v) is 13.1. The topological polar surface area (TPSA) is 32.6 Å². The van der Waals surface area contributed by atoms with Crippen LogP contribution in [0, 0.1) is 0 Å². The molecule has 1 aliphatic rings. The zero-order valence-electron chi connectivity index (χ0n) is 13.1. The van der Waals surface area contributed by atoms with Crippen molar-refractivity contribution in [2.24, 2.45) is 4.99 Å². The maximum atomic E-state index is 9.44. The van der Waals surface area contributed by atoms with E-state index in [-0.39, 0.29) is 5.54 Å². The van der Waals surface area contributed by atoms with Crippen LogP contribution in [0.2, 0.25) is 0 Å². The van der Waals surface area contributed by atoms with E-state index in [1.165, 1.54) is 50.5 Å². The molecule has 0 aromatic heterocycles. The molecule has 0 aliphatic carbocycles. The average Bonchev–Trinajstić information content (AvgIpc) is 2.97. The summed E-state index contributed by atoms with van der Waals surface area (Å²) in [6.07, 6.45) is 16.4. The summed E-state index contributed by atoms with van der Waals surface area (Å²) in [5.74, 6) is 0.316. The summed E-state index contributed by atoms with van der Waals surface area (Å²) in [5, 5.41) is 9.44. The molecular formula is C19H27NO. The van der Waals surface area contributed by atoms with E-state index in [0.717, 1.165) is 6.42 Å². The van der Waals surface area contributed by atoms with E-state index in [4.69, 9.17) is 4.99 Å². The van der Waals surface area contributed by atoms with Crippen molar-refractivity contribution in [3.05, 3.63) is 42.0 Å². The predicted octanol–water partition coefficient (Wildman–Crippen LogP) is 5.37. The van der Waals surface area contributed by atoms with Gasteiger partial charge in [-0.25, -0.2) is 0 Å². The molecule has 2 heteroatoms. The van der Waals surface area contributed by atoms with Crippen LogP contribution in [0.4, 0.5) is 0 Å². The van der Waals surface area contributed by atoms with E-state index in [1.807, 2.05) is 24.4 Å². The fraction of sp³-hybridized carbons (Fsp3) is 0.526. The molecule has 21 heavy (non-hydrogen) atoms. The molecule has 0 spiro atoms. The molecule has 0 saturated carbocycles. The molecule has 1 N–H and O–H groups in total. The summed E-state index contributed by atoms with van der Waals surface area (Å²) in [5.41, 5.74) is 0.980. The summed E-state index contributed by atoms with van der Waals surface area (Å²) in [6, 6.07) is 7.49. The lowest BCUT2D eigenvalue weighted by Crippen LogP contribution is -2.18. The monoisotopic (exact) mass is 285 g/mol. The molecule has 1 aromatic rings. The summed E-state index contributed by atoms with van der Waals surface area (Å²) >= 11 is 0. The molecule has 0 amide bonds. The third-order valence-electron chi connectivity index (χ3n) is 4.29. The van der Waals surface area contributed by atoms with Gasteiger partial charge in [-0.2, -0.15) is 0 Å². The minimum absolute atomic E-state index is 0.197. The standard InChI is InChI=1S/C19H27NO/c1-2-3-4-5-6-7-8-14-19(15-9-16-20-19)17-10-12-18(21)13-11-17/h9-13,15-16,21H,2-8,14H2,1H3. The Morgan fingerprint density at radius 2 is 1.62 bits per heavy atom. The van der Waals surface area contributed by atoms with Gasteiger partial charge in [0.1, 0.15) is 11.3 Å². The number of phenols is 1. The number of allylic oxidation sites excluding steroid dienone is 1. The largest absolute Gasteiger partial charge is 0.508 e. The molecule has 1 heterocycles. The first-order valence-electron chi connectivity index (χ1n) is 8.29. The maximum Gasteiger partial charge on any atom is 0.115 e. The van der Waals surface area contributed by atoms with Gasteiger partial charge in [-0.05, 0) is 30.2 Å². The highest BCUT2D eigenvalue weighted by Crippen LogP contribution is 2.36. The van der Waals surface area contributed by atoms with Crippen molar-refractivity contribution in [1.29, 1.82) is 0 Å². The molecular weight excluding hydrogens is 258 g/mol. The third-order valence-corrected chi connectivity index (χ3v) is 4.29. The van der Waals surface area contributed by atoms with E-state index in [2.05, 4.69) is 13.0 Å². The number of aromatic hydroxyl groups is 1. The number of benzene rings is 1. The number of phenolic OH excluding ortho intramolecular Hbond substituents is 1. The average molecular weight is 285 g/mol. The Labute approximate surface area is 128 Å². The SMILES string of the molecule is CCCCCCCCCC1(c2ccc(O)cc2)C=CC=N1. The Morgan fingerprint density at radius 1 is 0.952 bits per heavy atom. The van der Waals surface area contributed by atoms with Gasteiger partial charge < -0.3 is 5.11 Å². The van der Waals surface area contributed by atoms with Crippen molar-refractivity contribution in [2.75, 3.05) is 0 Å². The van der Waals surface area contributed by atoms with Gasteiger partial charge in [-0.1, -0.05) is 70.1 Å². The van der Waals surface area contributed by atoms with E-state index in [1.54, 1.807) is 12.1 Å². The van der Waals surface area contributed by atoms with Crippen LogP contribution in [0.25, 0.3) is 0 Å². The van der Waals surface area contributed by atoms with Gasteiger partial charge >= 0.3 is 0 Å². The Hall–Kier alpha value is -1.57. The fourth-order valence-corrected chi connectivity index (χ4v) is 2.99. The lowest BCUT2D eigenvalue weighted by Gasteiger charge is -2.25. The lowest BCUT2D eigenvalue weighted by atomic mass is 9.85. The number of hydrogen-bond acceptors (Lipinski definition) is 2. The molecule has 0 bridgehead atoms. The molecule has 1 unspecified atom stereocenters. The van der Waals surface area contributed by atoms with Crippen LogP contribution in [-0.4, -0.2) is 11.3 Å². The van der Waals surface area contributed by atoms with Crippen LogP contribution < -0.4 is 0 Å². The van der Waals surface area contributed by atoms with Crippen LogP contribution in [0.15, 0.2) is 41.4 Å². The Bertz CT molecular complexity index is 461. The van der Waals surface area contributed by atoms with Crippen LogP contribution in [-0.2, 0) is 5.54 Å². The molecule has 1 aliphatic heterocycles. The van der Waals surface area contributed by atoms with Crippen molar-refractivity contribution in [1.82, 2.24) is 0 Å². The van der Waals surface area contributed by atoms with E-state index >= 15 is 0 Å². The van der Waals surface area contributed by atoms with Crippen LogP contribution >= 0.6 is 0 Å². The molecule has 2 nitrogen and oxygen atoms in total. The lowest BCUT2D eigenvalue weighted by molar-refractivity contribution is 0.465. The Kier molecular flexibility index (Phi) is 6.04. The number of unbranched alkanes of at least 4 members (excludes halogenated alkanes) is 6. The molecule has 114 valence electrons. The van der Waals surface area contributed by atoms with Gasteiger partial charge in [0.15, 0.2) is 0 Å². The normalized spacial score (nSPS) is 20.2. The van der Waals surface area contributed by atoms with Gasteiger partial charge in [0.2, 0.25) is 0 Å².